The Labute approximate surface area is 131 Å². The second-order valence-corrected chi connectivity index (χ2v) is 7.63. The molecule has 0 radical (unpaired) electrons. The highest BCUT2D eigenvalue weighted by Gasteiger charge is 2.26. The first kappa shape index (κ1) is 17.0. The van der Waals surface area contributed by atoms with Crippen molar-refractivity contribution in [3.8, 4) is 0 Å². The van der Waals surface area contributed by atoms with Crippen molar-refractivity contribution in [2.75, 3.05) is 39.8 Å². The van der Waals surface area contributed by atoms with Crippen molar-refractivity contribution in [1.29, 1.82) is 0 Å². The van der Waals surface area contributed by atoms with Crippen LogP contribution in [0.4, 0.5) is 0 Å². The van der Waals surface area contributed by atoms with Crippen LogP contribution in [0.3, 0.4) is 0 Å². The summed E-state index contributed by atoms with van der Waals surface area (Å²) in [6.07, 6.45) is 0. The lowest BCUT2D eigenvalue weighted by molar-refractivity contribution is 0.0588. The second kappa shape index (κ2) is 6.80. The van der Waals surface area contributed by atoms with Crippen molar-refractivity contribution in [2.24, 2.45) is 5.92 Å². The molecule has 1 aliphatic rings. The number of hydrogen-bond donors (Lipinski definition) is 1. The van der Waals surface area contributed by atoms with E-state index < -0.39 is 10.0 Å². The summed E-state index contributed by atoms with van der Waals surface area (Å²) >= 11 is 0. The van der Waals surface area contributed by atoms with Crippen molar-refractivity contribution in [2.45, 2.75) is 18.9 Å². The van der Waals surface area contributed by atoms with Gasteiger partial charge in [-0.15, -0.1) is 0 Å². The van der Waals surface area contributed by atoms with Gasteiger partial charge in [-0.2, -0.15) is 0 Å². The molecule has 1 aliphatic heterocycles. The van der Waals surface area contributed by atoms with Crippen LogP contribution in [-0.4, -0.2) is 63.9 Å². The second-order valence-electron chi connectivity index (χ2n) is 5.81. The van der Waals surface area contributed by atoms with Crippen molar-refractivity contribution in [3.63, 3.8) is 0 Å². The monoisotopic (exact) mass is 329 g/mol. The zero-order chi connectivity index (χ0) is 16.3. The molecule has 22 heavy (non-hydrogen) atoms. The van der Waals surface area contributed by atoms with Crippen molar-refractivity contribution in [3.05, 3.63) is 17.9 Å². The highest BCUT2D eigenvalue weighted by molar-refractivity contribution is 7.89. The maximum Gasteiger partial charge on any atom is 0.289 e. The minimum absolute atomic E-state index is 0.0612. The molecule has 1 saturated heterocycles. The summed E-state index contributed by atoms with van der Waals surface area (Å²) in [6.45, 7) is 8.26. The van der Waals surface area contributed by atoms with Crippen LogP contribution in [0.15, 0.2) is 21.6 Å². The third-order valence-corrected chi connectivity index (χ3v) is 4.90. The number of hydrogen-bond acceptors (Lipinski definition) is 5. The van der Waals surface area contributed by atoms with Crippen LogP contribution in [-0.2, 0) is 10.0 Å². The van der Waals surface area contributed by atoms with Crippen LogP contribution in [0.25, 0.3) is 0 Å². The van der Waals surface area contributed by atoms with E-state index in [1.165, 1.54) is 19.2 Å². The largest absolute Gasteiger partial charge is 0.438 e. The first-order valence-electron chi connectivity index (χ1n) is 7.38. The van der Waals surface area contributed by atoms with E-state index in [1.807, 2.05) is 0 Å². The molecule has 0 aromatic carbocycles. The Morgan fingerprint density at radius 2 is 1.91 bits per heavy atom. The topological polar surface area (TPSA) is 82.9 Å². The number of carbonyl (C=O) groups excluding carboxylic acids is 1. The van der Waals surface area contributed by atoms with E-state index in [4.69, 9.17) is 4.42 Å². The molecule has 0 saturated carbocycles. The Kier molecular flexibility index (Phi) is 5.25. The lowest BCUT2D eigenvalue weighted by atomic mass is 10.2. The number of amides is 1. The highest BCUT2D eigenvalue weighted by atomic mass is 32.2. The highest BCUT2D eigenvalue weighted by Crippen LogP contribution is 2.16. The van der Waals surface area contributed by atoms with Gasteiger partial charge in [0.2, 0.25) is 5.09 Å². The maximum absolute atomic E-state index is 12.4. The summed E-state index contributed by atoms with van der Waals surface area (Å²) in [6, 6.07) is 2.71. The molecule has 0 spiro atoms. The number of rotatable bonds is 5. The first-order chi connectivity index (χ1) is 10.3. The van der Waals surface area contributed by atoms with Crippen molar-refractivity contribution in [1.82, 2.24) is 14.5 Å². The summed E-state index contributed by atoms with van der Waals surface area (Å²) in [5.74, 6) is 0.398. The average molecular weight is 329 g/mol. The fourth-order valence-electron chi connectivity index (χ4n) is 2.49. The van der Waals surface area contributed by atoms with Crippen LogP contribution in [0.5, 0.6) is 0 Å². The molecule has 7 nitrogen and oxygen atoms in total. The van der Waals surface area contributed by atoms with Gasteiger partial charge >= 0.3 is 0 Å². The zero-order valence-electron chi connectivity index (χ0n) is 13.2. The summed E-state index contributed by atoms with van der Waals surface area (Å²) in [4.78, 5) is 16.4. The van der Waals surface area contributed by atoms with Gasteiger partial charge in [-0.05, 0) is 25.1 Å². The Hall–Kier alpha value is -1.38. The number of piperazine rings is 1. The molecule has 2 rings (SSSR count). The van der Waals surface area contributed by atoms with Crippen molar-refractivity contribution >= 4 is 15.9 Å². The molecule has 0 aliphatic carbocycles. The van der Waals surface area contributed by atoms with E-state index >= 15 is 0 Å². The molecule has 1 N–H and O–H groups in total. The minimum atomic E-state index is -3.66. The van der Waals surface area contributed by atoms with Gasteiger partial charge in [0.1, 0.15) is 0 Å². The standard InChI is InChI=1S/C14H23N3O4S/c1-11(2)10-16-6-8-17(9-7-16)14(18)12-4-5-13(21-12)22(19,20)15-3/h4-5,11,15H,6-10H2,1-3H3. The normalized spacial score (nSPS) is 17.2. The molecule has 0 unspecified atom stereocenters. The zero-order valence-corrected chi connectivity index (χ0v) is 14.0. The van der Waals surface area contributed by atoms with E-state index in [-0.39, 0.29) is 16.8 Å². The smallest absolute Gasteiger partial charge is 0.289 e. The SMILES string of the molecule is CNS(=O)(=O)c1ccc(C(=O)N2CCN(CC(C)C)CC2)o1. The van der Waals surface area contributed by atoms with Crippen LogP contribution in [0.1, 0.15) is 24.4 Å². The third kappa shape index (κ3) is 3.88. The Balaban J connectivity index is 1.99. The van der Waals surface area contributed by atoms with Crippen LogP contribution < -0.4 is 4.72 Å². The van der Waals surface area contributed by atoms with E-state index in [9.17, 15) is 13.2 Å². The molecule has 1 fully saturated rings. The third-order valence-electron chi connectivity index (χ3n) is 3.61. The summed E-state index contributed by atoms with van der Waals surface area (Å²) < 4.78 is 30.6. The molecule has 1 aromatic rings. The van der Waals surface area contributed by atoms with Crippen LogP contribution >= 0.6 is 0 Å². The van der Waals surface area contributed by atoms with E-state index in [0.29, 0.717) is 19.0 Å². The Morgan fingerprint density at radius 1 is 1.27 bits per heavy atom. The molecule has 2 heterocycles. The van der Waals surface area contributed by atoms with Crippen LogP contribution in [0.2, 0.25) is 0 Å². The lowest BCUT2D eigenvalue weighted by Gasteiger charge is -2.35. The van der Waals surface area contributed by atoms with E-state index in [1.54, 1.807) is 4.90 Å². The number of nitrogens with zero attached hydrogens (tertiary/aromatic N) is 2. The van der Waals surface area contributed by atoms with Gasteiger partial charge in [-0.25, -0.2) is 13.1 Å². The number of carbonyl (C=O) groups is 1. The maximum atomic E-state index is 12.4. The molecule has 124 valence electrons. The van der Waals surface area contributed by atoms with E-state index in [0.717, 1.165) is 19.6 Å². The molecule has 8 heteroatoms. The fraction of sp³-hybridized carbons (Fsp3) is 0.643. The summed E-state index contributed by atoms with van der Waals surface area (Å²) in [5, 5.41) is -0.239. The molecular weight excluding hydrogens is 306 g/mol. The number of sulfonamides is 1. The van der Waals surface area contributed by atoms with Gasteiger partial charge in [0.05, 0.1) is 0 Å². The lowest BCUT2D eigenvalue weighted by Crippen LogP contribution is -2.49. The van der Waals surface area contributed by atoms with Gasteiger partial charge < -0.3 is 9.32 Å². The van der Waals surface area contributed by atoms with Crippen LogP contribution in [0, 0.1) is 5.92 Å². The Morgan fingerprint density at radius 3 is 2.45 bits per heavy atom. The van der Waals surface area contributed by atoms with E-state index in [2.05, 4.69) is 23.5 Å². The summed E-state index contributed by atoms with van der Waals surface area (Å²) in [5.41, 5.74) is 0. The molecule has 0 bridgehead atoms. The average Bonchev–Trinajstić information content (AvgIpc) is 2.97. The van der Waals surface area contributed by atoms with Gasteiger partial charge in [0, 0.05) is 32.7 Å². The first-order valence-corrected chi connectivity index (χ1v) is 8.87. The van der Waals surface area contributed by atoms with Gasteiger partial charge in [-0.3, -0.25) is 9.69 Å². The fourth-order valence-corrected chi connectivity index (χ4v) is 3.13. The minimum Gasteiger partial charge on any atom is -0.438 e. The van der Waals surface area contributed by atoms with Crippen molar-refractivity contribution < 1.29 is 17.6 Å². The summed E-state index contributed by atoms with van der Waals surface area (Å²) in [7, 11) is -2.36. The molecule has 0 atom stereocenters. The number of nitrogens with one attached hydrogen (secondary N) is 1. The molecule has 1 amide bonds. The predicted octanol–water partition coefficient (Wildman–Crippen LogP) is 0.601. The molecular formula is C14H23N3O4S. The predicted molar refractivity (Wildman–Crippen MR) is 82.1 cm³/mol. The number of furan rings is 1. The Bertz CT molecular complexity index is 616. The quantitative estimate of drug-likeness (QED) is 0.855. The van der Waals surface area contributed by atoms with Gasteiger partial charge in [0.25, 0.3) is 15.9 Å². The van der Waals surface area contributed by atoms with Gasteiger partial charge in [-0.1, -0.05) is 13.8 Å². The van der Waals surface area contributed by atoms with Gasteiger partial charge in [0.15, 0.2) is 5.76 Å². The molecule has 1 aromatic heterocycles.